The van der Waals surface area contributed by atoms with Gasteiger partial charge in [0, 0.05) is 6.54 Å². The van der Waals surface area contributed by atoms with Gasteiger partial charge in [0.2, 0.25) is 11.8 Å². The molecule has 12 nitrogen and oxygen atoms in total. The second kappa shape index (κ2) is 18.6. The summed E-state index contributed by atoms with van der Waals surface area (Å²) in [6, 6.07) is 7.39. The Bertz CT molecular complexity index is 1070. The topological polar surface area (TPSA) is 194 Å². The van der Waals surface area contributed by atoms with Crippen molar-refractivity contribution in [1.82, 2.24) is 10.6 Å². The molecule has 12 heteroatoms. The lowest BCUT2D eigenvalue weighted by atomic mass is 9.93. The molecule has 0 fully saturated rings. The number of aliphatic hydroxyl groups excluding tert-OH is 1. The predicted octanol–water partition coefficient (Wildman–Crippen LogP) is 1.62. The Labute approximate surface area is 247 Å². The van der Waals surface area contributed by atoms with E-state index >= 15 is 0 Å². The molecule has 2 atom stereocenters. The third kappa shape index (κ3) is 15.3. The molecule has 0 saturated carbocycles. The minimum Gasteiger partial charge on any atom is -0.479 e. The van der Waals surface area contributed by atoms with Crippen molar-refractivity contribution < 1.29 is 43.7 Å². The van der Waals surface area contributed by atoms with E-state index in [1.165, 1.54) is 19.9 Å². The number of hydrogen-bond acceptors (Lipinski definition) is 9. The van der Waals surface area contributed by atoms with E-state index in [9.17, 15) is 34.2 Å². The van der Waals surface area contributed by atoms with Crippen LogP contribution in [0.1, 0.15) is 64.5 Å². The molecular formula is C30H45N3O9. The van der Waals surface area contributed by atoms with E-state index in [1.54, 1.807) is 6.08 Å². The lowest BCUT2D eigenvalue weighted by molar-refractivity contribution is -0.171. The molecule has 0 bridgehead atoms. The molecule has 0 heterocycles. The summed E-state index contributed by atoms with van der Waals surface area (Å²) in [7, 11) is 0. The lowest BCUT2D eigenvalue weighted by Crippen LogP contribution is -2.45. The van der Waals surface area contributed by atoms with Crippen molar-refractivity contribution >= 4 is 29.7 Å². The molecule has 1 rings (SSSR count). The predicted molar refractivity (Wildman–Crippen MR) is 155 cm³/mol. The molecule has 2 amide bonds. The van der Waals surface area contributed by atoms with Crippen LogP contribution < -0.4 is 16.4 Å². The molecule has 6 N–H and O–H groups in total. The number of rotatable bonds is 19. The number of amides is 2. The van der Waals surface area contributed by atoms with Crippen molar-refractivity contribution in [3.63, 3.8) is 0 Å². The quantitative estimate of drug-likeness (QED) is 0.0896. The fourth-order valence-corrected chi connectivity index (χ4v) is 3.63. The standard InChI is InChI=1S/C30H45N3O9/c1-20(2)14-24(28(38)39)42-29(40)30(3,4)19-33-26(36)17-32-25(35)9-7-5-6-8-23(34)15-21-10-12-22(13-11-21)18-41-27(37)16-31/h7,9-13,20,23-24,34H,5-6,8,14-19,31H2,1-4H3,(H,32,35)(H,33,36)(H,38,39)/b9-7+. The van der Waals surface area contributed by atoms with E-state index in [4.69, 9.17) is 15.2 Å². The van der Waals surface area contributed by atoms with Crippen LogP contribution in [0.15, 0.2) is 36.4 Å². The van der Waals surface area contributed by atoms with Crippen molar-refractivity contribution in [2.24, 2.45) is 17.1 Å². The Morgan fingerprint density at radius 1 is 1.05 bits per heavy atom. The van der Waals surface area contributed by atoms with Gasteiger partial charge in [-0.1, -0.05) is 44.2 Å². The van der Waals surface area contributed by atoms with Gasteiger partial charge >= 0.3 is 17.9 Å². The maximum Gasteiger partial charge on any atom is 0.345 e. The Morgan fingerprint density at radius 2 is 1.69 bits per heavy atom. The second-order valence-corrected chi connectivity index (χ2v) is 11.1. The molecule has 1 aromatic rings. The summed E-state index contributed by atoms with van der Waals surface area (Å²) in [5.41, 5.74) is 5.81. The summed E-state index contributed by atoms with van der Waals surface area (Å²) >= 11 is 0. The smallest absolute Gasteiger partial charge is 0.345 e. The first kappa shape index (κ1) is 36.3. The zero-order chi connectivity index (χ0) is 31.7. The maximum absolute atomic E-state index is 12.5. The van der Waals surface area contributed by atoms with Crippen LogP contribution in [0.5, 0.6) is 0 Å². The van der Waals surface area contributed by atoms with E-state index in [1.807, 2.05) is 38.1 Å². The molecule has 0 aliphatic rings. The molecular weight excluding hydrogens is 546 g/mol. The fourth-order valence-electron chi connectivity index (χ4n) is 3.63. The summed E-state index contributed by atoms with van der Waals surface area (Å²) in [6.07, 6.45) is 3.56. The van der Waals surface area contributed by atoms with Gasteiger partial charge in [-0.25, -0.2) is 4.79 Å². The summed E-state index contributed by atoms with van der Waals surface area (Å²) in [6.45, 7) is 6.29. The molecule has 0 spiro atoms. The number of ether oxygens (including phenoxy) is 2. The number of aliphatic carboxylic acids is 1. The molecule has 42 heavy (non-hydrogen) atoms. The molecule has 2 unspecified atom stereocenters. The number of carboxylic acids is 1. The number of nitrogens with one attached hydrogen (secondary N) is 2. The monoisotopic (exact) mass is 591 g/mol. The Balaban J connectivity index is 2.30. The Morgan fingerprint density at radius 3 is 2.29 bits per heavy atom. The average Bonchev–Trinajstić information content (AvgIpc) is 2.93. The number of aliphatic hydroxyl groups is 1. The van der Waals surface area contributed by atoms with Crippen LogP contribution in [0.2, 0.25) is 0 Å². The van der Waals surface area contributed by atoms with Crippen molar-refractivity contribution in [3.05, 3.63) is 47.5 Å². The first-order chi connectivity index (χ1) is 19.7. The van der Waals surface area contributed by atoms with Gasteiger partial charge in [-0.15, -0.1) is 0 Å². The molecule has 0 radical (unpaired) electrons. The van der Waals surface area contributed by atoms with E-state index in [2.05, 4.69) is 10.6 Å². The van der Waals surface area contributed by atoms with Gasteiger partial charge in [0.1, 0.15) is 6.61 Å². The number of carboxylic acid groups (broad SMARTS) is 1. The number of unbranched alkanes of at least 4 members (excludes halogenated alkanes) is 1. The summed E-state index contributed by atoms with van der Waals surface area (Å²) in [5, 5.41) is 24.6. The first-order valence-electron chi connectivity index (χ1n) is 14.0. The molecule has 234 valence electrons. The first-order valence-corrected chi connectivity index (χ1v) is 14.0. The Hall–Kier alpha value is -3.77. The van der Waals surface area contributed by atoms with Crippen molar-refractivity contribution in [3.8, 4) is 0 Å². The third-order valence-electron chi connectivity index (χ3n) is 6.15. The van der Waals surface area contributed by atoms with Gasteiger partial charge in [-0.2, -0.15) is 0 Å². The highest BCUT2D eigenvalue weighted by molar-refractivity contribution is 5.91. The third-order valence-corrected chi connectivity index (χ3v) is 6.15. The van der Waals surface area contributed by atoms with Crippen molar-refractivity contribution in [1.29, 1.82) is 0 Å². The summed E-state index contributed by atoms with van der Waals surface area (Å²) in [4.78, 5) is 59.1. The van der Waals surface area contributed by atoms with Crippen LogP contribution in [0, 0.1) is 11.3 Å². The van der Waals surface area contributed by atoms with Crippen LogP contribution in [-0.2, 0) is 46.5 Å². The van der Waals surface area contributed by atoms with Crippen LogP contribution in [-0.4, -0.2) is 71.8 Å². The van der Waals surface area contributed by atoms with Crippen LogP contribution in [0.4, 0.5) is 0 Å². The highest BCUT2D eigenvalue weighted by atomic mass is 16.6. The van der Waals surface area contributed by atoms with Crippen molar-refractivity contribution in [2.75, 3.05) is 19.6 Å². The SMILES string of the molecule is CC(C)CC(OC(=O)C(C)(C)CNC(=O)CNC(=O)/C=C/CCCC(O)Cc1ccc(COC(=O)CN)cc1)C(=O)O. The van der Waals surface area contributed by atoms with Crippen LogP contribution in [0.3, 0.4) is 0 Å². The fraction of sp³-hybridized carbons (Fsp3) is 0.567. The maximum atomic E-state index is 12.5. The van der Waals surface area contributed by atoms with E-state index in [-0.39, 0.29) is 38.6 Å². The van der Waals surface area contributed by atoms with E-state index in [0.29, 0.717) is 25.7 Å². The molecule has 0 saturated heterocycles. The number of carbonyl (C=O) groups excluding carboxylic acids is 4. The number of allylic oxidation sites excluding steroid dienone is 1. The normalized spacial score (nSPS) is 12.9. The number of carbonyl (C=O) groups is 5. The molecule has 0 aliphatic heterocycles. The molecule has 0 aliphatic carbocycles. The summed E-state index contributed by atoms with van der Waals surface area (Å²) < 4.78 is 10.1. The minimum atomic E-state index is -1.26. The largest absolute Gasteiger partial charge is 0.479 e. The zero-order valence-corrected chi connectivity index (χ0v) is 24.9. The van der Waals surface area contributed by atoms with Crippen LogP contribution >= 0.6 is 0 Å². The highest BCUT2D eigenvalue weighted by Gasteiger charge is 2.34. The number of esters is 2. The van der Waals surface area contributed by atoms with Gasteiger partial charge in [0.15, 0.2) is 6.10 Å². The minimum absolute atomic E-state index is 0.0179. The van der Waals surface area contributed by atoms with E-state index in [0.717, 1.165) is 11.1 Å². The highest BCUT2D eigenvalue weighted by Crippen LogP contribution is 2.19. The number of hydrogen-bond donors (Lipinski definition) is 5. The van der Waals surface area contributed by atoms with Gasteiger partial charge in [0.05, 0.1) is 24.6 Å². The lowest BCUT2D eigenvalue weighted by Gasteiger charge is -2.25. The van der Waals surface area contributed by atoms with E-state index < -0.39 is 47.3 Å². The molecule has 1 aromatic carbocycles. The van der Waals surface area contributed by atoms with Gasteiger partial charge in [-0.05, 0) is 69.1 Å². The average molecular weight is 592 g/mol. The van der Waals surface area contributed by atoms with Gasteiger partial charge < -0.3 is 36.1 Å². The second-order valence-electron chi connectivity index (χ2n) is 11.1. The molecule has 0 aromatic heterocycles. The van der Waals surface area contributed by atoms with Crippen molar-refractivity contribution in [2.45, 2.75) is 78.6 Å². The number of benzene rings is 1. The Kier molecular flexibility index (Phi) is 16.1. The van der Waals surface area contributed by atoms with Gasteiger partial charge in [-0.3, -0.25) is 19.2 Å². The van der Waals surface area contributed by atoms with Gasteiger partial charge in [0.25, 0.3) is 0 Å². The van der Waals surface area contributed by atoms with Crippen LogP contribution in [0.25, 0.3) is 0 Å². The zero-order valence-electron chi connectivity index (χ0n) is 24.9. The number of nitrogens with two attached hydrogens (primary N) is 1. The summed E-state index contributed by atoms with van der Waals surface area (Å²) in [5.74, 6) is -3.39.